The van der Waals surface area contributed by atoms with Crippen molar-refractivity contribution in [3.8, 4) is 5.75 Å². The van der Waals surface area contributed by atoms with E-state index in [2.05, 4.69) is 35.6 Å². The van der Waals surface area contributed by atoms with Gasteiger partial charge in [-0.3, -0.25) is 0 Å². The van der Waals surface area contributed by atoms with Gasteiger partial charge in [0.15, 0.2) is 5.76 Å². The van der Waals surface area contributed by atoms with E-state index in [0.717, 1.165) is 35.8 Å². The Morgan fingerprint density at radius 1 is 1.41 bits per heavy atom. The van der Waals surface area contributed by atoms with Crippen molar-refractivity contribution in [1.82, 2.24) is 15.5 Å². The highest BCUT2D eigenvalue weighted by Gasteiger charge is 2.15. The molecular weight excluding hydrogens is 274 g/mol. The second kappa shape index (κ2) is 8.82. The van der Waals surface area contributed by atoms with Gasteiger partial charge in [-0.15, -0.1) is 0 Å². The largest absolute Gasteiger partial charge is 0.451 e. The summed E-state index contributed by atoms with van der Waals surface area (Å²) in [7, 11) is 3.84. The molecule has 0 spiro atoms. The van der Waals surface area contributed by atoms with Gasteiger partial charge in [0.05, 0.1) is 5.70 Å². The van der Waals surface area contributed by atoms with Gasteiger partial charge in [-0.05, 0) is 37.2 Å². The summed E-state index contributed by atoms with van der Waals surface area (Å²) in [6, 6.07) is 7.94. The average molecular weight is 301 g/mol. The minimum atomic E-state index is 0.656. The van der Waals surface area contributed by atoms with Gasteiger partial charge in [0.2, 0.25) is 0 Å². The van der Waals surface area contributed by atoms with E-state index in [-0.39, 0.29) is 0 Å². The first kappa shape index (κ1) is 17.7. The topological polar surface area (TPSA) is 36.5 Å². The van der Waals surface area contributed by atoms with Crippen LogP contribution >= 0.6 is 0 Å². The van der Waals surface area contributed by atoms with Gasteiger partial charge in [0.1, 0.15) is 11.6 Å². The van der Waals surface area contributed by atoms with E-state index in [0.29, 0.717) is 5.76 Å². The van der Waals surface area contributed by atoms with Gasteiger partial charge in [-0.25, -0.2) is 0 Å². The van der Waals surface area contributed by atoms with Crippen molar-refractivity contribution in [2.75, 3.05) is 20.6 Å². The first-order valence-corrected chi connectivity index (χ1v) is 7.47. The zero-order chi connectivity index (χ0) is 16.5. The summed E-state index contributed by atoms with van der Waals surface area (Å²) >= 11 is 0. The maximum atomic E-state index is 6.10. The quantitative estimate of drug-likeness (QED) is 0.542. The standard InChI is InChI=1S/C18H27N3O/c1-7-12-21(6)15(4)17(18(19-5)20-8-2)22-16-11-9-10-14(3)13-16/h8-11,13,19-20H,2,4,7,12H2,1,3,5-6H3/b18-17+. The van der Waals surface area contributed by atoms with Gasteiger partial charge in [-0.2, -0.15) is 0 Å². The Labute approximate surface area is 134 Å². The molecule has 0 aliphatic carbocycles. The van der Waals surface area contributed by atoms with Crippen LogP contribution in [0.5, 0.6) is 5.75 Å². The van der Waals surface area contributed by atoms with Gasteiger partial charge >= 0.3 is 0 Å². The highest BCUT2D eigenvalue weighted by molar-refractivity contribution is 5.34. The van der Waals surface area contributed by atoms with E-state index in [4.69, 9.17) is 4.74 Å². The molecule has 4 nitrogen and oxygen atoms in total. The summed E-state index contributed by atoms with van der Waals surface area (Å²) < 4.78 is 6.10. The minimum Gasteiger partial charge on any atom is -0.451 e. The summed E-state index contributed by atoms with van der Waals surface area (Å²) in [4.78, 5) is 2.08. The van der Waals surface area contributed by atoms with Gasteiger partial charge in [0, 0.05) is 20.6 Å². The van der Waals surface area contributed by atoms with Gasteiger partial charge in [0.25, 0.3) is 0 Å². The van der Waals surface area contributed by atoms with E-state index in [1.165, 1.54) is 0 Å². The lowest BCUT2D eigenvalue weighted by atomic mass is 10.2. The maximum absolute atomic E-state index is 6.10. The van der Waals surface area contributed by atoms with Crippen molar-refractivity contribution in [2.45, 2.75) is 20.3 Å². The van der Waals surface area contributed by atoms with Gasteiger partial charge < -0.3 is 20.3 Å². The van der Waals surface area contributed by atoms with E-state index in [1.807, 2.05) is 45.3 Å². The van der Waals surface area contributed by atoms with E-state index >= 15 is 0 Å². The number of aryl methyl sites for hydroxylation is 1. The van der Waals surface area contributed by atoms with Crippen molar-refractivity contribution >= 4 is 0 Å². The average Bonchev–Trinajstić information content (AvgIpc) is 2.50. The molecule has 2 N–H and O–H groups in total. The number of likely N-dealkylation sites (N-methyl/N-ethyl adjacent to an activating group) is 1. The Morgan fingerprint density at radius 2 is 2.14 bits per heavy atom. The van der Waals surface area contributed by atoms with Crippen molar-refractivity contribution < 1.29 is 4.74 Å². The molecule has 0 saturated heterocycles. The third-order valence-corrected chi connectivity index (χ3v) is 3.21. The zero-order valence-electron chi connectivity index (χ0n) is 14.1. The number of nitrogens with one attached hydrogen (secondary N) is 2. The number of nitrogens with zero attached hydrogens (tertiary/aromatic N) is 1. The molecule has 0 heterocycles. The lowest BCUT2D eigenvalue weighted by molar-refractivity contribution is 0.347. The van der Waals surface area contributed by atoms with Crippen LogP contribution in [0.1, 0.15) is 18.9 Å². The summed E-state index contributed by atoms with van der Waals surface area (Å²) in [6.45, 7) is 13.0. The van der Waals surface area contributed by atoms with Gasteiger partial charge in [-0.1, -0.05) is 32.2 Å². The van der Waals surface area contributed by atoms with Crippen LogP contribution in [0.2, 0.25) is 0 Å². The van der Waals surface area contributed by atoms with Crippen LogP contribution in [0.25, 0.3) is 0 Å². The predicted molar refractivity (Wildman–Crippen MR) is 93.3 cm³/mol. The Bertz CT molecular complexity index is 549. The fraction of sp³-hybridized carbons (Fsp3) is 0.333. The normalized spacial score (nSPS) is 11.3. The van der Waals surface area contributed by atoms with Crippen LogP contribution < -0.4 is 15.4 Å². The molecule has 1 rings (SSSR count). The summed E-state index contributed by atoms with van der Waals surface area (Å²) in [6.07, 6.45) is 2.65. The highest BCUT2D eigenvalue weighted by atomic mass is 16.5. The molecule has 0 atom stereocenters. The zero-order valence-corrected chi connectivity index (χ0v) is 14.1. The molecular formula is C18H27N3O. The molecule has 0 bridgehead atoms. The Hall–Kier alpha value is -2.36. The molecule has 22 heavy (non-hydrogen) atoms. The summed E-state index contributed by atoms with van der Waals surface area (Å²) in [5, 5.41) is 6.17. The first-order chi connectivity index (χ1) is 10.5. The van der Waals surface area contributed by atoms with Crippen molar-refractivity contribution in [3.63, 3.8) is 0 Å². The summed E-state index contributed by atoms with van der Waals surface area (Å²) in [5.74, 6) is 2.16. The van der Waals surface area contributed by atoms with E-state index < -0.39 is 0 Å². The van der Waals surface area contributed by atoms with E-state index in [9.17, 15) is 0 Å². The SMILES string of the molecule is C=CN/C(NC)=C(/Oc1cccc(C)c1)C(=C)N(C)CCC. The lowest BCUT2D eigenvalue weighted by Crippen LogP contribution is -2.28. The monoisotopic (exact) mass is 301 g/mol. The van der Waals surface area contributed by atoms with Crippen LogP contribution in [0.3, 0.4) is 0 Å². The van der Waals surface area contributed by atoms with Crippen molar-refractivity contribution in [3.05, 3.63) is 66.5 Å². The van der Waals surface area contributed by atoms with Crippen LogP contribution in [-0.2, 0) is 0 Å². The van der Waals surface area contributed by atoms with Crippen molar-refractivity contribution in [2.24, 2.45) is 0 Å². The number of ether oxygens (including phenoxy) is 1. The first-order valence-electron chi connectivity index (χ1n) is 7.47. The molecule has 1 aromatic rings. The minimum absolute atomic E-state index is 0.656. The second-order valence-corrected chi connectivity index (χ2v) is 5.09. The number of hydrogen-bond donors (Lipinski definition) is 2. The van der Waals surface area contributed by atoms with E-state index in [1.54, 1.807) is 6.20 Å². The molecule has 0 aromatic heterocycles. The predicted octanol–water partition coefficient (Wildman–Crippen LogP) is 3.35. The Balaban J connectivity index is 3.16. The van der Waals surface area contributed by atoms with Crippen LogP contribution in [0.4, 0.5) is 0 Å². The third-order valence-electron chi connectivity index (χ3n) is 3.21. The third kappa shape index (κ3) is 4.88. The van der Waals surface area contributed by atoms with Crippen LogP contribution in [-0.4, -0.2) is 25.5 Å². The number of rotatable bonds is 9. The highest BCUT2D eigenvalue weighted by Crippen LogP contribution is 2.22. The summed E-state index contributed by atoms with van der Waals surface area (Å²) in [5.41, 5.74) is 1.95. The molecule has 0 amide bonds. The molecule has 0 radical (unpaired) electrons. The Kier molecular flexibility index (Phi) is 7.09. The van der Waals surface area contributed by atoms with Crippen LogP contribution in [0.15, 0.2) is 60.9 Å². The molecule has 120 valence electrons. The molecule has 0 aliphatic rings. The molecule has 1 aromatic carbocycles. The molecule has 0 saturated carbocycles. The fourth-order valence-electron chi connectivity index (χ4n) is 2.05. The Morgan fingerprint density at radius 3 is 2.68 bits per heavy atom. The second-order valence-electron chi connectivity index (χ2n) is 5.09. The fourth-order valence-corrected chi connectivity index (χ4v) is 2.05. The molecule has 0 unspecified atom stereocenters. The lowest BCUT2D eigenvalue weighted by Gasteiger charge is -2.25. The maximum Gasteiger partial charge on any atom is 0.190 e. The number of hydrogen-bond acceptors (Lipinski definition) is 4. The number of benzene rings is 1. The van der Waals surface area contributed by atoms with Crippen LogP contribution in [0, 0.1) is 6.92 Å². The van der Waals surface area contributed by atoms with Crippen molar-refractivity contribution in [1.29, 1.82) is 0 Å². The molecule has 0 fully saturated rings. The smallest absolute Gasteiger partial charge is 0.190 e. The molecule has 4 heteroatoms. The molecule has 0 aliphatic heterocycles.